The van der Waals surface area contributed by atoms with Crippen LogP contribution >= 0.6 is 35.0 Å². The summed E-state index contributed by atoms with van der Waals surface area (Å²) in [6, 6.07) is 18.4. The predicted octanol–water partition coefficient (Wildman–Crippen LogP) is 6.80. The van der Waals surface area contributed by atoms with Crippen LogP contribution in [0.3, 0.4) is 0 Å². The lowest BCUT2D eigenvalue weighted by Crippen LogP contribution is -2.28. The van der Waals surface area contributed by atoms with Crippen LogP contribution in [0.4, 0.5) is 4.39 Å². The van der Waals surface area contributed by atoms with Crippen molar-refractivity contribution in [3.63, 3.8) is 0 Å². The predicted molar refractivity (Wildman–Crippen MR) is 134 cm³/mol. The molecule has 0 saturated carbocycles. The van der Waals surface area contributed by atoms with Gasteiger partial charge in [0.05, 0.1) is 16.8 Å². The smallest absolute Gasteiger partial charge is 0.251 e. The van der Waals surface area contributed by atoms with Crippen molar-refractivity contribution in [3.8, 4) is 5.69 Å². The second-order valence-electron chi connectivity index (χ2n) is 7.76. The standard InChI is InChI=1S/C25H21Cl2FN4OS/c1-15-5-3-6-17(11-15)14-34-25-31-30-23(32(25)22-10-9-19(26)13-21(22)27)16(2)29-24(33)18-7-4-8-20(28)12-18/h3-13,16H,14H2,1-2H3,(H,29,33). The van der Waals surface area contributed by atoms with Crippen LogP contribution in [0.25, 0.3) is 5.69 Å². The van der Waals surface area contributed by atoms with Crippen LogP contribution in [-0.4, -0.2) is 20.7 Å². The van der Waals surface area contributed by atoms with E-state index in [1.807, 2.05) is 23.6 Å². The van der Waals surface area contributed by atoms with E-state index in [1.54, 1.807) is 31.2 Å². The molecular formula is C25H21Cl2FN4OS. The van der Waals surface area contributed by atoms with E-state index in [1.165, 1.54) is 35.5 Å². The van der Waals surface area contributed by atoms with Crippen LogP contribution in [0.5, 0.6) is 0 Å². The van der Waals surface area contributed by atoms with Gasteiger partial charge in [-0.25, -0.2) is 4.39 Å². The number of rotatable bonds is 7. The number of amides is 1. The van der Waals surface area contributed by atoms with Crippen LogP contribution < -0.4 is 5.32 Å². The summed E-state index contributed by atoms with van der Waals surface area (Å²) in [6.45, 7) is 3.84. The van der Waals surface area contributed by atoms with Gasteiger partial charge in [-0.15, -0.1) is 10.2 Å². The molecule has 1 atom stereocenters. The van der Waals surface area contributed by atoms with Crippen LogP contribution in [0.2, 0.25) is 10.0 Å². The number of thioether (sulfide) groups is 1. The minimum atomic E-state index is -0.539. The van der Waals surface area contributed by atoms with Gasteiger partial charge in [-0.2, -0.15) is 0 Å². The molecule has 9 heteroatoms. The number of hydrogen-bond donors (Lipinski definition) is 1. The molecule has 0 radical (unpaired) electrons. The average molecular weight is 515 g/mol. The monoisotopic (exact) mass is 514 g/mol. The zero-order valence-corrected chi connectivity index (χ0v) is 20.8. The molecule has 0 bridgehead atoms. The maximum atomic E-state index is 13.6. The zero-order chi connectivity index (χ0) is 24.2. The zero-order valence-electron chi connectivity index (χ0n) is 18.4. The van der Waals surface area contributed by atoms with E-state index in [4.69, 9.17) is 23.2 Å². The Balaban J connectivity index is 1.66. The summed E-state index contributed by atoms with van der Waals surface area (Å²) in [6.07, 6.45) is 0. The summed E-state index contributed by atoms with van der Waals surface area (Å²) in [4.78, 5) is 12.7. The number of aryl methyl sites for hydroxylation is 1. The molecule has 1 unspecified atom stereocenters. The van der Waals surface area contributed by atoms with Gasteiger partial charge in [0.1, 0.15) is 5.82 Å². The Morgan fingerprint density at radius 2 is 1.88 bits per heavy atom. The lowest BCUT2D eigenvalue weighted by atomic mass is 10.2. The maximum Gasteiger partial charge on any atom is 0.251 e. The molecule has 0 aliphatic carbocycles. The second kappa shape index (κ2) is 10.6. The summed E-state index contributed by atoms with van der Waals surface area (Å²) >= 11 is 14.1. The lowest BCUT2D eigenvalue weighted by Gasteiger charge is -2.17. The number of carbonyl (C=O) groups excluding carboxylic acids is 1. The Morgan fingerprint density at radius 1 is 1.09 bits per heavy atom. The minimum absolute atomic E-state index is 0.219. The number of halogens is 3. The van der Waals surface area contributed by atoms with Crippen molar-refractivity contribution in [2.75, 3.05) is 0 Å². The summed E-state index contributed by atoms with van der Waals surface area (Å²) in [7, 11) is 0. The molecule has 1 amide bonds. The molecule has 0 saturated heterocycles. The fraction of sp³-hybridized carbons (Fsp3) is 0.160. The molecule has 4 aromatic rings. The van der Waals surface area contributed by atoms with Crippen LogP contribution in [0, 0.1) is 12.7 Å². The highest BCUT2D eigenvalue weighted by Crippen LogP contribution is 2.32. The van der Waals surface area contributed by atoms with Gasteiger partial charge in [0.2, 0.25) is 0 Å². The highest BCUT2D eigenvalue weighted by molar-refractivity contribution is 7.98. The molecule has 0 spiro atoms. The van der Waals surface area contributed by atoms with Crippen molar-refractivity contribution in [1.82, 2.24) is 20.1 Å². The van der Waals surface area contributed by atoms with Crippen LogP contribution in [-0.2, 0) is 5.75 Å². The fourth-order valence-electron chi connectivity index (χ4n) is 3.47. The Bertz CT molecular complexity index is 1340. The number of benzene rings is 3. The Labute approximate surface area is 211 Å². The van der Waals surface area contributed by atoms with Crippen molar-refractivity contribution in [2.45, 2.75) is 30.8 Å². The van der Waals surface area contributed by atoms with E-state index >= 15 is 0 Å². The van der Waals surface area contributed by atoms with Crippen molar-refractivity contribution < 1.29 is 9.18 Å². The summed E-state index contributed by atoms with van der Waals surface area (Å²) in [5, 5.41) is 13.2. The van der Waals surface area contributed by atoms with Gasteiger partial charge in [0.25, 0.3) is 5.91 Å². The first-order valence-corrected chi connectivity index (χ1v) is 12.2. The van der Waals surface area contributed by atoms with Crippen molar-refractivity contribution in [2.24, 2.45) is 0 Å². The molecule has 0 fully saturated rings. The first-order chi connectivity index (χ1) is 16.3. The van der Waals surface area contributed by atoms with Crippen LogP contribution in [0.15, 0.2) is 71.9 Å². The van der Waals surface area contributed by atoms with E-state index in [2.05, 4.69) is 27.6 Å². The van der Waals surface area contributed by atoms with E-state index in [0.29, 0.717) is 32.5 Å². The highest BCUT2D eigenvalue weighted by atomic mass is 35.5. The van der Waals surface area contributed by atoms with Crippen molar-refractivity contribution in [3.05, 3.63) is 105 Å². The number of nitrogens with zero attached hydrogens (tertiary/aromatic N) is 3. The average Bonchev–Trinajstić information content (AvgIpc) is 3.21. The number of aromatic nitrogens is 3. The first kappa shape index (κ1) is 24.3. The number of carbonyl (C=O) groups is 1. The minimum Gasteiger partial charge on any atom is -0.342 e. The molecule has 5 nitrogen and oxygen atoms in total. The first-order valence-electron chi connectivity index (χ1n) is 10.5. The van der Waals surface area contributed by atoms with Gasteiger partial charge in [0, 0.05) is 16.3 Å². The Kier molecular flexibility index (Phi) is 7.56. The number of nitrogens with one attached hydrogen (secondary N) is 1. The van der Waals surface area contributed by atoms with Crippen molar-refractivity contribution >= 4 is 40.9 Å². The molecule has 1 heterocycles. The molecule has 3 aromatic carbocycles. The second-order valence-corrected chi connectivity index (χ2v) is 9.54. The maximum absolute atomic E-state index is 13.6. The van der Waals surface area contributed by atoms with Gasteiger partial charge < -0.3 is 5.32 Å². The summed E-state index contributed by atoms with van der Waals surface area (Å²) in [5.74, 6) is 0.263. The molecule has 0 aliphatic rings. The molecule has 1 N–H and O–H groups in total. The van der Waals surface area contributed by atoms with Crippen molar-refractivity contribution in [1.29, 1.82) is 0 Å². The summed E-state index contributed by atoms with van der Waals surface area (Å²) < 4.78 is 15.4. The Hall–Kier alpha value is -2.87. The summed E-state index contributed by atoms with van der Waals surface area (Å²) in [5.41, 5.74) is 3.19. The molecule has 34 heavy (non-hydrogen) atoms. The van der Waals surface area contributed by atoms with E-state index in [0.717, 1.165) is 5.56 Å². The quantitative estimate of drug-likeness (QED) is 0.275. The third kappa shape index (κ3) is 5.60. The fourth-order valence-corrected chi connectivity index (χ4v) is 4.86. The molecule has 4 rings (SSSR count). The third-order valence-corrected chi connectivity index (χ3v) is 6.62. The Morgan fingerprint density at radius 3 is 2.62 bits per heavy atom. The van der Waals surface area contributed by atoms with Crippen LogP contribution in [0.1, 0.15) is 40.3 Å². The van der Waals surface area contributed by atoms with Gasteiger partial charge in [-0.05, 0) is 55.8 Å². The SMILES string of the molecule is Cc1cccc(CSc2nnc(C(C)NC(=O)c3cccc(F)c3)n2-c2ccc(Cl)cc2Cl)c1. The van der Waals surface area contributed by atoms with E-state index in [-0.39, 0.29) is 5.56 Å². The van der Waals surface area contributed by atoms with E-state index in [9.17, 15) is 9.18 Å². The normalized spacial score (nSPS) is 11.9. The van der Waals surface area contributed by atoms with Gasteiger partial charge in [-0.1, -0.05) is 70.9 Å². The topological polar surface area (TPSA) is 59.8 Å². The molecule has 0 aliphatic heterocycles. The molecule has 1 aromatic heterocycles. The lowest BCUT2D eigenvalue weighted by molar-refractivity contribution is 0.0937. The van der Waals surface area contributed by atoms with Gasteiger partial charge >= 0.3 is 0 Å². The largest absolute Gasteiger partial charge is 0.342 e. The highest BCUT2D eigenvalue weighted by Gasteiger charge is 2.23. The van der Waals surface area contributed by atoms with Gasteiger partial charge in [-0.3, -0.25) is 9.36 Å². The molecule has 174 valence electrons. The molecular weight excluding hydrogens is 494 g/mol. The van der Waals surface area contributed by atoms with E-state index < -0.39 is 17.8 Å². The number of hydrogen-bond acceptors (Lipinski definition) is 4. The van der Waals surface area contributed by atoms with Gasteiger partial charge in [0.15, 0.2) is 11.0 Å². The third-order valence-electron chi connectivity index (χ3n) is 5.08.